The molecule has 40 heavy (non-hydrogen) atoms. The number of phenolic OH excluding ortho intramolecular Hbond substituents is 1. The summed E-state index contributed by atoms with van der Waals surface area (Å²) in [6.45, 7) is -0.0479. The fourth-order valence-corrected chi connectivity index (χ4v) is 7.95. The number of carboxylic acids is 1. The summed E-state index contributed by atoms with van der Waals surface area (Å²) in [5, 5.41) is 19.3. The Kier molecular flexibility index (Phi) is 6.81. The number of hydrogen-bond donors (Lipinski definition) is 2. The van der Waals surface area contributed by atoms with Gasteiger partial charge in [-0.2, -0.15) is 0 Å². The van der Waals surface area contributed by atoms with Gasteiger partial charge in [0.2, 0.25) is 11.8 Å². The summed E-state index contributed by atoms with van der Waals surface area (Å²) >= 11 is 14.3. The maximum atomic E-state index is 13.7. The van der Waals surface area contributed by atoms with Crippen LogP contribution in [-0.2, 0) is 24.0 Å². The molecule has 0 bridgehead atoms. The highest BCUT2D eigenvalue weighted by atomic mass is 35.5. The summed E-state index contributed by atoms with van der Waals surface area (Å²) in [5.74, 6) is -6.81. The van der Waals surface area contributed by atoms with Crippen molar-refractivity contribution in [2.45, 2.75) is 41.3 Å². The van der Waals surface area contributed by atoms with Gasteiger partial charge >= 0.3 is 5.97 Å². The van der Waals surface area contributed by atoms with Crippen LogP contribution in [-0.4, -0.2) is 87.2 Å². The van der Waals surface area contributed by atoms with E-state index < -0.39 is 63.0 Å². The zero-order valence-corrected chi connectivity index (χ0v) is 23.5. The number of benzene rings is 1. The molecule has 5 rings (SSSR count). The van der Waals surface area contributed by atoms with E-state index in [1.54, 1.807) is 6.08 Å². The Morgan fingerprint density at radius 2 is 1.68 bits per heavy atom. The third kappa shape index (κ3) is 3.66. The molecular weight excluding hydrogens is 567 g/mol. The number of halogens is 2. The van der Waals surface area contributed by atoms with E-state index in [0.717, 1.165) is 9.80 Å². The number of carbonyl (C=O) groups is 5. The van der Waals surface area contributed by atoms with E-state index in [1.165, 1.54) is 33.4 Å². The SMILES string of the molecule is COc1cc(O)cc(OC)c1[C@H]1C2=CC[C@@H]3C(=O)N(CCCC(=O)O)C(=O)[C@@H]3[C@@H]2C[C@@]2(Cl)C(=O)N(C)C(=O)[C@@]12Cl. The highest BCUT2D eigenvalue weighted by Crippen LogP contribution is 2.67. The summed E-state index contributed by atoms with van der Waals surface area (Å²) < 4.78 is 11.1. The molecule has 2 N–H and O–H groups in total. The van der Waals surface area contributed by atoms with Crippen LogP contribution in [0.25, 0.3) is 0 Å². The van der Waals surface area contributed by atoms with Crippen LogP contribution < -0.4 is 9.47 Å². The number of allylic oxidation sites excluding steroid dienone is 2. The molecule has 0 aromatic heterocycles. The van der Waals surface area contributed by atoms with Crippen molar-refractivity contribution in [3.63, 3.8) is 0 Å². The molecule has 4 aliphatic rings. The minimum Gasteiger partial charge on any atom is -0.508 e. The van der Waals surface area contributed by atoms with Crippen molar-refractivity contribution >= 4 is 52.8 Å². The Labute approximate surface area is 239 Å². The first-order valence-corrected chi connectivity index (χ1v) is 13.5. The molecule has 2 saturated heterocycles. The number of aliphatic carboxylic acids is 1. The van der Waals surface area contributed by atoms with Gasteiger partial charge < -0.3 is 19.7 Å². The van der Waals surface area contributed by atoms with Crippen molar-refractivity contribution in [1.82, 2.24) is 9.80 Å². The summed E-state index contributed by atoms with van der Waals surface area (Å²) in [4.78, 5) is 63.2. The molecule has 13 heteroatoms. The van der Waals surface area contributed by atoms with Crippen LogP contribution in [0, 0.1) is 17.8 Å². The second kappa shape index (κ2) is 9.66. The van der Waals surface area contributed by atoms with Gasteiger partial charge in [0.1, 0.15) is 17.2 Å². The maximum Gasteiger partial charge on any atom is 0.303 e. The van der Waals surface area contributed by atoms with Gasteiger partial charge in [-0.15, -0.1) is 23.2 Å². The number of aromatic hydroxyl groups is 1. The molecule has 2 aliphatic heterocycles. The number of imide groups is 2. The highest BCUT2D eigenvalue weighted by molar-refractivity contribution is 6.53. The van der Waals surface area contributed by atoms with Crippen LogP contribution >= 0.6 is 23.2 Å². The molecular formula is C27H28Cl2N2O9. The molecule has 2 aliphatic carbocycles. The number of carbonyl (C=O) groups excluding carboxylic acids is 4. The van der Waals surface area contributed by atoms with E-state index in [9.17, 15) is 29.1 Å². The number of methoxy groups -OCH3 is 2. The Bertz CT molecular complexity index is 1350. The first-order chi connectivity index (χ1) is 18.8. The second-order valence-electron chi connectivity index (χ2n) is 10.6. The number of amides is 4. The molecule has 11 nitrogen and oxygen atoms in total. The average Bonchev–Trinajstić information content (AvgIpc) is 3.23. The number of nitrogens with zero attached hydrogens (tertiary/aromatic N) is 2. The van der Waals surface area contributed by atoms with E-state index in [0.29, 0.717) is 5.57 Å². The molecule has 6 atom stereocenters. The maximum absolute atomic E-state index is 13.7. The lowest BCUT2D eigenvalue weighted by molar-refractivity contribution is -0.142. The van der Waals surface area contributed by atoms with Gasteiger partial charge in [-0.05, 0) is 25.2 Å². The molecule has 4 amide bonds. The number of likely N-dealkylation sites (tertiary alicyclic amines) is 2. The number of rotatable bonds is 7. The van der Waals surface area contributed by atoms with E-state index in [1.807, 2.05) is 0 Å². The van der Waals surface area contributed by atoms with Gasteiger partial charge in [0.15, 0.2) is 9.75 Å². The molecule has 0 spiro atoms. The van der Waals surface area contributed by atoms with Gasteiger partial charge in [-0.25, -0.2) is 0 Å². The first kappa shape index (κ1) is 28.2. The summed E-state index contributed by atoms with van der Waals surface area (Å²) in [6.07, 6.45) is 1.65. The molecule has 1 saturated carbocycles. The van der Waals surface area contributed by atoms with Gasteiger partial charge in [0, 0.05) is 43.6 Å². The lowest BCUT2D eigenvalue weighted by atomic mass is 9.56. The standard InChI is InChI=1S/C27H28Cl2N2O9/c1-30-24(37)26(28)11-15-13(6-7-14-19(15)23(36)31(22(14)35)8-4-5-18(33)34)21(27(26,29)25(30)38)20-16(39-2)9-12(32)10-17(20)40-3/h6,9-10,14-15,19,21,32H,4-5,7-8,11H2,1-3H3,(H,33,34)/t14-,15+,19-,21+,26+,27-/m0/s1. The highest BCUT2D eigenvalue weighted by Gasteiger charge is 2.76. The third-order valence-electron chi connectivity index (χ3n) is 8.70. The van der Waals surface area contributed by atoms with Crippen molar-refractivity contribution in [3.8, 4) is 17.2 Å². The van der Waals surface area contributed by atoms with Crippen LogP contribution in [0.4, 0.5) is 0 Å². The number of carboxylic acid groups (broad SMARTS) is 1. The number of fused-ring (bicyclic) bond motifs is 4. The lowest BCUT2D eigenvalue weighted by Gasteiger charge is -2.51. The fourth-order valence-electron chi connectivity index (χ4n) is 6.94. The first-order valence-electron chi connectivity index (χ1n) is 12.8. The number of alkyl halides is 2. The largest absolute Gasteiger partial charge is 0.508 e. The Morgan fingerprint density at radius 3 is 2.25 bits per heavy atom. The minimum atomic E-state index is -2.04. The van der Waals surface area contributed by atoms with Gasteiger partial charge in [-0.3, -0.25) is 33.8 Å². The van der Waals surface area contributed by atoms with Gasteiger partial charge in [-0.1, -0.05) is 11.6 Å². The van der Waals surface area contributed by atoms with Crippen molar-refractivity contribution in [1.29, 1.82) is 0 Å². The predicted octanol–water partition coefficient (Wildman–Crippen LogP) is 2.26. The van der Waals surface area contributed by atoms with Crippen molar-refractivity contribution in [3.05, 3.63) is 29.3 Å². The zero-order valence-electron chi connectivity index (χ0n) is 22.0. The molecule has 0 radical (unpaired) electrons. The summed E-state index contributed by atoms with van der Waals surface area (Å²) in [6, 6.07) is 2.65. The smallest absolute Gasteiger partial charge is 0.303 e. The second-order valence-corrected chi connectivity index (χ2v) is 11.8. The van der Waals surface area contributed by atoms with Crippen LogP contribution in [0.3, 0.4) is 0 Å². The quantitative estimate of drug-likeness (QED) is 0.275. The topological polar surface area (TPSA) is 151 Å². The van der Waals surface area contributed by atoms with Crippen molar-refractivity contribution in [2.24, 2.45) is 17.8 Å². The van der Waals surface area contributed by atoms with E-state index in [4.69, 9.17) is 37.8 Å². The van der Waals surface area contributed by atoms with E-state index in [-0.39, 0.29) is 55.0 Å². The van der Waals surface area contributed by atoms with Crippen LogP contribution in [0.2, 0.25) is 0 Å². The fraction of sp³-hybridized carbons (Fsp3) is 0.519. The lowest BCUT2D eigenvalue weighted by Crippen LogP contribution is -2.60. The molecule has 0 unspecified atom stereocenters. The Morgan fingerprint density at radius 1 is 1.05 bits per heavy atom. The van der Waals surface area contributed by atoms with Crippen LogP contribution in [0.1, 0.15) is 37.2 Å². The third-order valence-corrected chi connectivity index (χ3v) is 10.1. The average molecular weight is 595 g/mol. The number of hydrogen-bond acceptors (Lipinski definition) is 8. The molecule has 2 heterocycles. The Hall–Kier alpha value is -3.31. The van der Waals surface area contributed by atoms with Gasteiger partial charge in [0.05, 0.1) is 26.1 Å². The molecule has 1 aromatic rings. The zero-order chi connectivity index (χ0) is 29.3. The van der Waals surface area contributed by atoms with Gasteiger partial charge in [0.25, 0.3) is 11.8 Å². The predicted molar refractivity (Wildman–Crippen MR) is 140 cm³/mol. The van der Waals surface area contributed by atoms with Crippen molar-refractivity contribution in [2.75, 3.05) is 27.8 Å². The Balaban J connectivity index is 1.69. The molecule has 214 valence electrons. The summed E-state index contributed by atoms with van der Waals surface area (Å²) in [7, 11) is 4.01. The van der Waals surface area contributed by atoms with Crippen LogP contribution in [0.5, 0.6) is 17.2 Å². The number of ether oxygens (including phenoxy) is 2. The summed E-state index contributed by atoms with van der Waals surface area (Å²) in [5.41, 5.74) is 0.809. The molecule has 1 aromatic carbocycles. The van der Waals surface area contributed by atoms with Crippen molar-refractivity contribution < 1.29 is 43.7 Å². The minimum absolute atomic E-state index is 0.0479. The van der Waals surface area contributed by atoms with E-state index in [2.05, 4.69) is 0 Å². The van der Waals surface area contributed by atoms with Crippen LogP contribution in [0.15, 0.2) is 23.8 Å². The number of phenols is 1. The molecule has 3 fully saturated rings. The van der Waals surface area contributed by atoms with E-state index >= 15 is 0 Å². The normalized spacial score (nSPS) is 33.0. The monoisotopic (exact) mass is 594 g/mol.